The predicted octanol–water partition coefficient (Wildman–Crippen LogP) is 4.22. The molecule has 2 aliphatic rings. The van der Waals surface area contributed by atoms with Gasteiger partial charge >= 0.3 is 6.09 Å². The third-order valence-electron chi connectivity index (χ3n) is 3.96. The van der Waals surface area contributed by atoms with Gasteiger partial charge in [0.2, 0.25) is 0 Å². The Morgan fingerprint density at radius 2 is 2.09 bits per heavy atom. The molecule has 2 fully saturated rings. The van der Waals surface area contributed by atoms with Crippen LogP contribution in [0.15, 0.2) is 11.8 Å². The number of hydrogen-bond acceptors (Lipinski definition) is 4. The third-order valence-corrected chi connectivity index (χ3v) is 3.96. The number of carbonyl (C=O) groups is 1. The molecular weight excluding hydrogens is 294 g/mol. The summed E-state index contributed by atoms with van der Waals surface area (Å²) in [5.74, 6) is -0.503. The highest BCUT2D eigenvalue weighted by Gasteiger charge is 2.32. The van der Waals surface area contributed by atoms with Gasteiger partial charge in [-0.3, -0.25) is 4.90 Å². The summed E-state index contributed by atoms with van der Waals surface area (Å²) in [7, 11) is 0. The van der Waals surface area contributed by atoms with Crippen molar-refractivity contribution in [2.45, 2.75) is 84.2 Å². The van der Waals surface area contributed by atoms with Crippen LogP contribution >= 0.6 is 0 Å². The van der Waals surface area contributed by atoms with Gasteiger partial charge in [0, 0.05) is 12.2 Å². The lowest BCUT2D eigenvalue weighted by molar-refractivity contribution is -0.137. The van der Waals surface area contributed by atoms with Gasteiger partial charge in [-0.2, -0.15) is 0 Å². The van der Waals surface area contributed by atoms with Gasteiger partial charge in [-0.25, -0.2) is 4.79 Å². The first-order valence-corrected chi connectivity index (χ1v) is 8.68. The fraction of sp³-hybridized carbons (Fsp3) is 0.833. The first-order valence-electron chi connectivity index (χ1n) is 8.68. The van der Waals surface area contributed by atoms with Crippen molar-refractivity contribution in [2.24, 2.45) is 0 Å². The minimum Gasteiger partial charge on any atom is -0.443 e. The first-order chi connectivity index (χ1) is 10.7. The van der Waals surface area contributed by atoms with Crippen LogP contribution < -0.4 is 0 Å². The molecule has 23 heavy (non-hydrogen) atoms. The minimum atomic E-state index is -0.503. The second kappa shape index (κ2) is 7.22. The quantitative estimate of drug-likeness (QED) is 0.762. The van der Waals surface area contributed by atoms with Crippen LogP contribution in [0.5, 0.6) is 0 Å². The number of hydrogen-bond donors (Lipinski definition) is 0. The van der Waals surface area contributed by atoms with E-state index in [0.717, 1.165) is 44.3 Å². The lowest BCUT2D eigenvalue weighted by atomic mass is 10.1. The largest absolute Gasteiger partial charge is 0.443 e. The smallest absolute Gasteiger partial charge is 0.414 e. The van der Waals surface area contributed by atoms with Crippen LogP contribution in [0.3, 0.4) is 0 Å². The van der Waals surface area contributed by atoms with E-state index < -0.39 is 11.4 Å². The fourth-order valence-electron chi connectivity index (χ4n) is 2.92. The molecule has 0 saturated carbocycles. The fourth-order valence-corrected chi connectivity index (χ4v) is 2.92. The summed E-state index contributed by atoms with van der Waals surface area (Å²) in [4.78, 5) is 14.3. The second-order valence-electron chi connectivity index (χ2n) is 7.82. The predicted molar refractivity (Wildman–Crippen MR) is 89.0 cm³/mol. The highest BCUT2D eigenvalue weighted by Crippen LogP contribution is 2.27. The minimum absolute atomic E-state index is 0.0567. The van der Waals surface area contributed by atoms with Crippen LogP contribution in [0.25, 0.3) is 0 Å². The molecule has 5 nitrogen and oxygen atoms in total. The number of allylic oxidation sites excluding steroid dienone is 1. The van der Waals surface area contributed by atoms with E-state index in [4.69, 9.17) is 14.2 Å². The van der Waals surface area contributed by atoms with Crippen LogP contribution in [-0.4, -0.2) is 41.6 Å². The summed E-state index contributed by atoms with van der Waals surface area (Å²) in [6, 6.07) is 0. The van der Waals surface area contributed by atoms with Gasteiger partial charge in [-0.15, -0.1) is 0 Å². The highest BCUT2D eigenvalue weighted by atomic mass is 16.7. The van der Waals surface area contributed by atoms with Crippen molar-refractivity contribution in [3.8, 4) is 0 Å². The maximum atomic E-state index is 12.5. The maximum absolute atomic E-state index is 12.5. The molecule has 0 spiro atoms. The van der Waals surface area contributed by atoms with Crippen molar-refractivity contribution in [3.63, 3.8) is 0 Å². The molecule has 0 aliphatic carbocycles. The van der Waals surface area contributed by atoms with Crippen LogP contribution in [0.2, 0.25) is 0 Å². The molecule has 2 aliphatic heterocycles. The highest BCUT2D eigenvalue weighted by molar-refractivity contribution is 5.70. The zero-order valence-corrected chi connectivity index (χ0v) is 15.2. The molecule has 1 amide bonds. The zero-order valence-electron chi connectivity index (χ0n) is 15.2. The molecule has 0 unspecified atom stereocenters. The van der Waals surface area contributed by atoms with Crippen LogP contribution in [-0.2, 0) is 14.2 Å². The number of amides is 1. The molecule has 1 atom stereocenters. The van der Waals surface area contributed by atoms with Crippen molar-refractivity contribution >= 4 is 6.09 Å². The Labute approximate surface area is 140 Å². The summed E-state index contributed by atoms with van der Waals surface area (Å²) in [6.07, 6.45) is 6.90. The molecule has 2 saturated heterocycles. The van der Waals surface area contributed by atoms with E-state index in [0.29, 0.717) is 6.61 Å². The van der Waals surface area contributed by atoms with Gasteiger partial charge in [0.05, 0.1) is 12.7 Å². The van der Waals surface area contributed by atoms with Gasteiger partial charge in [0.25, 0.3) is 0 Å². The summed E-state index contributed by atoms with van der Waals surface area (Å²) in [5.41, 5.74) is 0.589. The Hall–Kier alpha value is -1.07. The topological polar surface area (TPSA) is 48.0 Å². The Kier molecular flexibility index (Phi) is 5.74. The zero-order chi connectivity index (χ0) is 17.1. The molecule has 0 aromatic heterocycles. The van der Waals surface area contributed by atoms with Gasteiger partial charge in [-0.05, 0) is 60.3 Å². The van der Waals surface area contributed by atoms with Gasteiger partial charge in [-0.1, -0.05) is 12.5 Å². The number of rotatable bonds is 2. The number of carbonyl (C=O) groups excluding carboxylic acids is 1. The molecule has 0 aromatic rings. The van der Waals surface area contributed by atoms with Gasteiger partial charge < -0.3 is 14.2 Å². The molecule has 2 heterocycles. The molecule has 5 heteroatoms. The van der Waals surface area contributed by atoms with E-state index in [1.54, 1.807) is 4.90 Å². The molecule has 0 bridgehead atoms. The Morgan fingerprint density at radius 1 is 1.35 bits per heavy atom. The average Bonchev–Trinajstić information content (AvgIpc) is 2.62. The van der Waals surface area contributed by atoms with Crippen LogP contribution in [0, 0.1) is 0 Å². The number of likely N-dealkylation sites (tertiary alicyclic amines) is 1. The average molecular weight is 325 g/mol. The van der Waals surface area contributed by atoms with E-state index >= 15 is 0 Å². The summed E-state index contributed by atoms with van der Waals surface area (Å²) in [5, 5.41) is 0. The molecule has 2 rings (SSSR count). The van der Waals surface area contributed by atoms with Gasteiger partial charge in [0.1, 0.15) is 5.60 Å². The van der Waals surface area contributed by atoms with Crippen molar-refractivity contribution < 1.29 is 19.0 Å². The summed E-state index contributed by atoms with van der Waals surface area (Å²) >= 11 is 0. The molecule has 132 valence electrons. The van der Waals surface area contributed by atoms with E-state index in [1.807, 2.05) is 34.6 Å². The molecule has 0 aromatic carbocycles. The van der Waals surface area contributed by atoms with E-state index in [1.165, 1.54) is 0 Å². The Morgan fingerprint density at radius 3 is 2.70 bits per heavy atom. The van der Waals surface area contributed by atoms with Crippen LogP contribution in [0.4, 0.5) is 4.79 Å². The normalized spacial score (nSPS) is 27.1. The SMILES string of the molecule is CC(C)(C)OC(=O)N1CCCCC/C1=C\C[C@H]1COC(C)(C)O1. The van der Waals surface area contributed by atoms with E-state index in [-0.39, 0.29) is 12.2 Å². The van der Waals surface area contributed by atoms with Crippen LogP contribution in [0.1, 0.15) is 66.7 Å². The van der Waals surface area contributed by atoms with Crippen molar-refractivity contribution in [3.05, 3.63) is 11.8 Å². The van der Waals surface area contributed by atoms with Crippen molar-refractivity contribution in [1.82, 2.24) is 4.90 Å². The molecule has 0 N–H and O–H groups in total. The third kappa shape index (κ3) is 5.81. The van der Waals surface area contributed by atoms with Crippen molar-refractivity contribution in [2.75, 3.05) is 13.2 Å². The molecule has 0 radical (unpaired) electrons. The van der Waals surface area contributed by atoms with Crippen molar-refractivity contribution in [1.29, 1.82) is 0 Å². The standard InChI is InChI=1S/C18H31NO4/c1-17(2,3)23-16(20)19-12-8-6-7-9-14(19)10-11-15-13-21-18(4,5)22-15/h10,15H,6-9,11-13H2,1-5H3/b14-10+/t15-/m0/s1. The first kappa shape index (κ1) is 18.3. The maximum Gasteiger partial charge on any atom is 0.414 e. The summed E-state index contributed by atoms with van der Waals surface area (Å²) < 4.78 is 17.0. The number of nitrogens with zero attached hydrogens (tertiary/aromatic N) is 1. The Balaban J connectivity index is 2.02. The number of ether oxygens (including phenoxy) is 3. The van der Waals surface area contributed by atoms with E-state index in [9.17, 15) is 4.79 Å². The van der Waals surface area contributed by atoms with Gasteiger partial charge in [0.15, 0.2) is 5.79 Å². The van der Waals surface area contributed by atoms with E-state index in [2.05, 4.69) is 6.08 Å². The lowest BCUT2D eigenvalue weighted by Crippen LogP contribution is -2.36. The second-order valence-corrected chi connectivity index (χ2v) is 7.82. The molecular formula is C18H31NO4. The summed E-state index contributed by atoms with van der Waals surface area (Å²) in [6.45, 7) is 10.9. The monoisotopic (exact) mass is 325 g/mol. The lowest BCUT2D eigenvalue weighted by Gasteiger charge is -2.28. The Bertz CT molecular complexity index is 450.